The number of benzene rings is 1. The molecule has 3 nitrogen and oxygen atoms in total. The molecule has 5 heteroatoms. The maximum absolute atomic E-state index is 5.99. The minimum atomic E-state index is 0.220. The Morgan fingerprint density at radius 2 is 2.28 bits per heavy atom. The van der Waals surface area contributed by atoms with Crippen molar-refractivity contribution in [2.75, 3.05) is 13.2 Å². The standard InChI is InChI=1S/C13H16BrClN2O/c1-3-18-8-9(2)17-12-6-10(14)4-5-11(12)16-13(17)7-15/h4-6,9H,3,7-8H2,1-2H3. The fourth-order valence-electron chi connectivity index (χ4n) is 2.07. The van der Waals surface area contributed by atoms with Gasteiger partial charge in [0.2, 0.25) is 0 Å². The minimum absolute atomic E-state index is 0.220. The van der Waals surface area contributed by atoms with E-state index in [9.17, 15) is 0 Å². The van der Waals surface area contributed by atoms with Crippen molar-refractivity contribution in [2.45, 2.75) is 25.8 Å². The van der Waals surface area contributed by atoms with Crippen LogP contribution in [0, 0.1) is 0 Å². The molecule has 0 aliphatic carbocycles. The minimum Gasteiger partial charge on any atom is -0.380 e. The molecule has 1 heterocycles. The van der Waals surface area contributed by atoms with Gasteiger partial charge in [0, 0.05) is 11.1 Å². The molecule has 0 aliphatic heterocycles. The van der Waals surface area contributed by atoms with E-state index in [1.165, 1.54) is 0 Å². The second kappa shape index (κ2) is 6.04. The summed E-state index contributed by atoms with van der Waals surface area (Å²) in [5, 5.41) is 0. The van der Waals surface area contributed by atoms with E-state index < -0.39 is 0 Å². The molecule has 0 radical (unpaired) electrons. The van der Waals surface area contributed by atoms with Crippen LogP contribution in [0.3, 0.4) is 0 Å². The Morgan fingerprint density at radius 3 is 2.94 bits per heavy atom. The van der Waals surface area contributed by atoms with E-state index in [2.05, 4.69) is 38.5 Å². The topological polar surface area (TPSA) is 27.1 Å². The number of alkyl halides is 1. The normalized spacial score (nSPS) is 13.1. The lowest BCUT2D eigenvalue weighted by molar-refractivity contribution is 0.119. The van der Waals surface area contributed by atoms with E-state index in [1.54, 1.807) is 0 Å². The highest BCUT2D eigenvalue weighted by Crippen LogP contribution is 2.25. The number of nitrogens with zero attached hydrogens (tertiary/aromatic N) is 2. The van der Waals surface area contributed by atoms with Crippen LogP contribution in [0.5, 0.6) is 0 Å². The molecule has 1 aromatic heterocycles. The van der Waals surface area contributed by atoms with Crippen LogP contribution in [0.25, 0.3) is 11.0 Å². The maximum Gasteiger partial charge on any atom is 0.125 e. The Labute approximate surface area is 120 Å². The molecule has 18 heavy (non-hydrogen) atoms. The van der Waals surface area contributed by atoms with Gasteiger partial charge in [-0.1, -0.05) is 15.9 Å². The Kier molecular flexibility index (Phi) is 4.65. The van der Waals surface area contributed by atoms with Crippen LogP contribution < -0.4 is 0 Å². The Bertz CT molecular complexity index is 541. The molecule has 0 saturated heterocycles. The molecule has 0 fully saturated rings. The Morgan fingerprint density at radius 1 is 1.50 bits per heavy atom. The summed E-state index contributed by atoms with van der Waals surface area (Å²) in [7, 11) is 0. The summed E-state index contributed by atoms with van der Waals surface area (Å²) >= 11 is 9.48. The van der Waals surface area contributed by atoms with Crippen LogP contribution >= 0.6 is 27.5 Å². The van der Waals surface area contributed by atoms with Crippen molar-refractivity contribution < 1.29 is 4.74 Å². The number of rotatable bonds is 5. The van der Waals surface area contributed by atoms with E-state index in [1.807, 2.05) is 19.1 Å². The molecule has 0 N–H and O–H groups in total. The van der Waals surface area contributed by atoms with Gasteiger partial charge in [-0.05, 0) is 32.0 Å². The van der Waals surface area contributed by atoms with Crippen molar-refractivity contribution in [1.82, 2.24) is 9.55 Å². The van der Waals surface area contributed by atoms with Gasteiger partial charge in [0.1, 0.15) is 5.82 Å². The lowest BCUT2D eigenvalue weighted by Crippen LogP contribution is -2.14. The van der Waals surface area contributed by atoms with Crippen molar-refractivity contribution in [3.05, 3.63) is 28.5 Å². The molecule has 0 amide bonds. The zero-order valence-electron chi connectivity index (χ0n) is 10.5. The number of halogens is 2. The van der Waals surface area contributed by atoms with Crippen molar-refractivity contribution in [2.24, 2.45) is 0 Å². The summed E-state index contributed by atoms with van der Waals surface area (Å²) in [4.78, 5) is 4.56. The monoisotopic (exact) mass is 330 g/mol. The first-order valence-corrected chi connectivity index (χ1v) is 7.30. The second-order valence-corrected chi connectivity index (χ2v) is 5.36. The van der Waals surface area contributed by atoms with E-state index in [-0.39, 0.29) is 6.04 Å². The highest BCUT2D eigenvalue weighted by Gasteiger charge is 2.15. The second-order valence-electron chi connectivity index (χ2n) is 4.17. The number of fused-ring (bicyclic) bond motifs is 1. The average Bonchev–Trinajstić information content (AvgIpc) is 2.73. The van der Waals surface area contributed by atoms with Gasteiger partial charge in [-0.25, -0.2) is 4.98 Å². The molecule has 1 aromatic carbocycles. The van der Waals surface area contributed by atoms with Gasteiger partial charge in [-0.2, -0.15) is 0 Å². The number of imidazole rings is 1. The Balaban J connectivity index is 2.48. The van der Waals surface area contributed by atoms with Crippen molar-refractivity contribution in [3.63, 3.8) is 0 Å². The molecule has 0 bridgehead atoms. The fraction of sp³-hybridized carbons (Fsp3) is 0.462. The third-order valence-electron chi connectivity index (χ3n) is 2.85. The van der Waals surface area contributed by atoms with Gasteiger partial charge >= 0.3 is 0 Å². The maximum atomic E-state index is 5.99. The summed E-state index contributed by atoms with van der Waals surface area (Å²) in [6.07, 6.45) is 0. The summed E-state index contributed by atoms with van der Waals surface area (Å²) < 4.78 is 8.69. The van der Waals surface area contributed by atoms with Crippen molar-refractivity contribution >= 4 is 38.6 Å². The lowest BCUT2D eigenvalue weighted by Gasteiger charge is -2.16. The predicted octanol–water partition coefficient (Wildman–Crippen LogP) is 4.14. The highest BCUT2D eigenvalue weighted by atomic mass is 79.9. The fourth-order valence-corrected chi connectivity index (χ4v) is 2.60. The van der Waals surface area contributed by atoms with Crippen LogP contribution in [-0.4, -0.2) is 22.8 Å². The van der Waals surface area contributed by atoms with E-state index >= 15 is 0 Å². The summed E-state index contributed by atoms with van der Waals surface area (Å²) in [6, 6.07) is 6.28. The molecule has 1 atom stereocenters. The van der Waals surface area contributed by atoms with E-state index in [4.69, 9.17) is 16.3 Å². The molecule has 2 rings (SSSR count). The van der Waals surface area contributed by atoms with Crippen LogP contribution in [0.1, 0.15) is 25.7 Å². The van der Waals surface area contributed by atoms with Crippen LogP contribution in [0.2, 0.25) is 0 Å². The SMILES string of the molecule is CCOCC(C)n1c(CCl)nc2ccc(Br)cc21. The third kappa shape index (κ3) is 2.71. The van der Waals surface area contributed by atoms with Gasteiger partial charge in [0.05, 0.1) is 29.6 Å². The molecule has 2 aromatic rings. The molecule has 0 spiro atoms. The quantitative estimate of drug-likeness (QED) is 0.770. The van der Waals surface area contributed by atoms with Crippen molar-refractivity contribution in [3.8, 4) is 0 Å². The molecule has 98 valence electrons. The smallest absolute Gasteiger partial charge is 0.125 e. The van der Waals surface area contributed by atoms with Gasteiger partial charge in [0.25, 0.3) is 0 Å². The molecular weight excluding hydrogens is 316 g/mol. The largest absolute Gasteiger partial charge is 0.380 e. The summed E-state index contributed by atoms with van der Waals surface area (Å²) in [5.74, 6) is 1.29. The van der Waals surface area contributed by atoms with Crippen LogP contribution in [0.15, 0.2) is 22.7 Å². The van der Waals surface area contributed by atoms with Gasteiger partial charge in [-0.3, -0.25) is 0 Å². The van der Waals surface area contributed by atoms with Gasteiger partial charge < -0.3 is 9.30 Å². The Hall–Kier alpha value is -0.580. The zero-order chi connectivity index (χ0) is 13.1. The van der Waals surface area contributed by atoms with E-state index in [0.717, 1.165) is 27.9 Å². The average molecular weight is 332 g/mol. The van der Waals surface area contributed by atoms with E-state index in [0.29, 0.717) is 12.5 Å². The summed E-state index contributed by atoms with van der Waals surface area (Å²) in [6.45, 7) is 5.50. The number of aromatic nitrogens is 2. The van der Waals surface area contributed by atoms with Crippen LogP contribution in [-0.2, 0) is 10.6 Å². The molecule has 1 unspecified atom stereocenters. The zero-order valence-corrected chi connectivity index (χ0v) is 12.8. The number of hydrogen-bond acceptors (Lipinski definition) is 2. The number of ether oxygens (including phenoxy) is 1. The molecule has 0 saturated carbocycles. The van der Waals surface area contributed by atoms with Crippen LogP contribution in [0.4, 0.5) is 0 Å². The molecular formula is C13H16BrClN2O. The van der Waals surface area contributed by atoms with Gasteiger partial charge in [0.15, 0.2) is 0 Å². The first-order valence-electron chi connectivity index (χ1n) is 5.97. The lowest BCUT2D eigenvalue weighted by atomic mass is 10.3. The van der Waals surface area contributed by atoms with Crippen molar-refractivity contribution in [1.29, 1.82) is 0 Å². The first-order chi connectivity index (χ1) is 8.67. The first kappa shape index (κ1) is 13.8. The highest BCUT2D eigenvalue weighted by molar-refractivity contribution is 9.10. The third-order valence-corrected chi connectivity index (χ3v) is 3.58. The van der Waals surface area contributed by atoms with Gasteiger partial charge in [-0.15, -0.1) is 11.6 Å². The summed E-state index contributed by atoms with van der Waals surface area (Å²) in [5.41, 5.74) is 2.06. The molecule has 0 aliphatic rings. The predicted molar refractivity (Wildman–Crippen MR) is 78.2 cm³/mol. The number of hydrogen-bond donors (Lipinski definition) is 0.